The Morgan fingerprint density at radius 1 is 1.35 bits per heavy atom. The first-order valence-electron chi connectivity index (χ1n) is 9.95. The largest absolute Gasteiger partial charge is 0.365 e. The Kier molecular flexibility index (Phi) is 5.68. The molecular weight excluding hydrogens is 399 g/mol. The highest BCUT2D eigenvalue weighted by atomic mass is 19.1. The maximum Gasteiger partial charge on any atom is 0.254 e. The third-order valence-corrected chi connectivity index (χ3v) is 5.58. The van der Waals surface area contributed by atoms with Crippen LogP contribution in [0.25, 0.3) is 0 Å². The summed E-state index contributed by atoms with van der Waals surface area (Å²) in [5.41, 5.74) is 7.42. The van der Waals surface area contributed by atoms with Crippen LogP contribution in [-0.4, -0.2) is 43.5 Å². The molecule has 2 atom stereocenters. The highest BCUT2D eigenvalue weighted by molar-refractivity contribution is 5.98. The van der Waals surface area contributed by atoms with E-state index >= 15 is 0 Å². The Hall–Kier alpha value is -3.71. The Bertz CT molecular complexity index is 1110. The van der Waals surface area contributed by atoms with Crippen LogP contribution in [-0.2, 0) is 13.6 Å². The van der Waals surface area contributed by atoms with Crippen LogP contribution in [0, 0.1) is 23.1 Å². The van der Waals surface area contributed by atoms with Gasteiger partial charge >= 0.3 is 0 Å². The van der Waals surface area contributed by atoms with E-state index in [1.807, 2.05) is 17.8 Å². The lowest BCUT2D eigenvalue weighted by Gasteiger charge is -2.35. The summed E-state index contributed by atoms with van der Waals surface area (Å²) in [4.78, 5) is 14.3. The van der Waals surface area contributed by atoms with Gasteiger partial charge in [-0.2, -0.15) is 15.5 Å². The first-order valence-corrected chi connectivity index (χ1v) is 9.95. The van der Waals surface area contributed by atoms with Gasteiger partial charge in [-0.1, -0.05) is 0 Å². The van der Waals surface area contributed by atoms with Crippen molar-refractivity contribution in [3.05, 3.63) is 59.8 Å². The van der Waals surface area contributed by atoms with Crippen molar-refractivity contribution in [2.45, 2.75) is 19.0 Å². The smallest absolute Gasteiger partial charge is 0.254 e. The van der Waals surface area contributed by atoms with Crippen molar-refractivity contribution in [2.75, 3.05) is 18.4 Å². The molecule has 31 heavy (non-hydrogen) atoms. The Balaban J connectivity index is 1.59. The molecule has 160 valence electrons. The van der Waals surface area contributed by atoms with Crippen molar-refractivity contribution in [1.82, 2.24) is 24.5 Å². The number of primary amides is 1. The van der Waals surface area contributed by atoms with E-state index in [1.165, 1.54) is 12.1 Å². The second-order valence-electron chi connectivity index (χ2n) is 7.64. The highest BCUT2D eigenvalue weighted by Crippen LogP contribution is 2.30. The lowest BCUT2D eigenvalue weighted by molar-refractivity contribution is 0.1000. The number of nitrogens with two attached hydrogens (primary N) is 1. The maximum atomic E-state index is 13.2. The van der Waals surface area contributed by atoms with Crippen molar-refractivity contribution >= 4 is 17.4 Å². The topological polar surface area (TPSA) is 118 Å². The number of benzene rings is 1. The van der Waals surface area contributed by atoms with Crippen LogP contribution >= 0.6 is 0 Å². The minimum Gasteiger partial charge on any atom is -0.365 e. The summed E-state index contributed by atoms with van der Waals surface area (Å²) in [6.07, 6.45) is 4.02. The molecule has 0 bridgehead atoms. The van der Waals surface area contributed by atoms with Crippen LogP contribution in [0.3, 0.4) is 0 Å². The molecule has 3 N–H and O–H groups in total. The van der Waals surface area contributed by atoms with Crippen LogP contribution in [0.2, 0.25) is 0 Å². The van der Waals surface area contributed by atoms with Gasteiger partial charge in [-0.25, -0.2) is 4.39 Å². The molecule has 2 aromatic heterocycles. The number of halogens is 1. The predicted octanol–water partition coefficient (Wildman–Crippen LogP) is 2.18. The van der Waals surface area contributed by atoms with E-state index in [-0.39, 0.29) is 29.2 Å². The third kappa shape index (κ3) is 4.41. The molecule has 9 nitrogen and oxygen atoms in total. The number of carbonyl (C=O) groups is 1. The van der Waals surface area contributed by atoms with E-state index in [4.69, 9.17) is 5.73 Å². The summed E-state index contributed by atoms with van der Waals surface area (Å²) in [7, 11) is 1.90. The molecule has 1 aliphatic rings. The summed E-state index contributed by atoms with van der Waals surface area (Å²) in [6.45, 7) is 2.08. The van der Waals surface area contributed by atoms with Gasteiger partial charge in [0.1, 0.15) is 11.4 Å². The molecule has 10 heteroatoms. The fraction of sp³-hybridized carbons (Fsp3) is 0.333. The SMILES string of the molecule is Cn1nccc1CN1CCC(C#N)C(n2cc(C(N)=O)c(Nc3ccc(F)cc3)n2)C1. The maximum absolute atomic E-state index is 13.2. The lowest BCUT2D eigenvalue weighted by Crippen LogP contribution is -2.41. The van der Waals surface area contributed by atoms with E-state index in [2.05, 4.69) is 26.5 Å². The van der Waals surface area contributed by atoms with Gasteiger partial charge in [0.25, 0.3) is 5.91 Å². The van der Waals surface area contributed by atoms with E-state index in [0.717, 1.165) is 12.2 Å². The summed E-state index contributed by atoms with van der Waals surface area (Å²) >= 11 is 0. The molecule has 3 heterocycles. The fourth-order valence-corrected chi connectivity index (χ4v) is 3.85. The van der Waals surface area contributed by atoms with Gasteiger partial charge < -0.3 is 11.1 Å². The van der Waals surface area contributed by atoms with Gasteiger partial charge in [-0.3, -0.25) is 19.1 Å². The number of nitrogens with zero attached hydrogens (tertiary/aromatic N) is 6. The molecule has 3 aromatic rings. The number of aromatic nitrogens is 4. The molecule has 1 aromatic carbocycles. The van der Waals surface area contributed by atoms with Crippen LogP contribution in [0.5, 0.6) is 0 Å². The van der Waals surface area contributed by atoms with Crippen LogP contribution in [0.1, 0.15) is 28.5 Å². The molecule has 4 rings (SSSR count). The Morgan fingerprint density at radius 3 is 2.77 bits per heavy atom. The number of nitriles is 1. The summed E-state index contributed by atoms with van der Waals surface area (Å²) < 4.78 is 16.7. The summed E-state index contributed by atoms with van der Waals surface area (Å²) in [5.74, 6) is -0.965. The zero-order chi connectivity index (χ0) is 22.0. The number of nitrogens with one attached hydrogen (secondary N) is 1. The number of likely N-dealkylation sites (tertiary alicyclic amines) is 1. The number of hydrogen-bond acceptors (Lipinski definition) is 6. The molecule has 0 saturated carbocycles. The van der Waals surface area contributed by atoms with Gasteiger partial charge in [-0.05, 0) is 43.3 Å². The van der Waals surface area contributed by atoms with Gasteiger partial charge in [-0.15, -0.1) is 0 Å². The second-order valence-corrected chi connectivity index (χ2v) is 7.64. The van der Waals surface area contributed by atoms with Crippen molar-refractivity contribution in [3.8, 4) is 6.07 Å². The average Bonchev–Trinajstić information content (AvgIpc) is 3.36. The van der Waals surface area contributed by atoms with Gasteiger partial charge in [0.05, 0.1) is 23.7 Å². The van der Waals surface area contributed by atoms with Crippen molar-refractivity contribution in [2.24, 2.45) is 18.7 Å². The molecule has 1 saturated heterocycles. The van der Waals surface area contributed by atoms with Crippen LogP contribution < -0.4 is 11.1 Å². The normalized spacial score (nSPS) is 19.1. The molecule has 0 radical (unpaired) electrons. The first kappa shape index (κ1) is 20.6. The number of hydrogen-bond donors (Lipinski definition) is 2. The second kappa shape index (κ2) is 8.57. The third-order valence-electron chi connectivity index (χ3n) is 5.58. The zero-order valence-electron chi connectivity index (χ0n) is 17.1. The molecule has 1 amide bonds. The van der Waals surface area contributed by atoms with Gasteiger partial charge in [0.15, 0.2) is 5.82 Å². The van der Waals surface area contributed by atoms with Crippen molar-refractivity contribution in [3.63, 3.8) is 0 Å². The number of piperidine rings is 1. The highest BCUT2D eigenvalue weighted by Gasteiger charge is 2.32. The number of aryl methyl sites for hydroxylation is 1. The van der Waals surface area contributed by atoms with Gasteiger partial charge in [0.2, 0.25) is 0 Å². The number of amides is 1. The van der Waals surface area contributed by atoms with E-state index < -0.39 is 5.91 Å². The molecular formula is C21H23FN8O. The number of rotatable bonds is 6. The zero-order valence-corrected chi connectivity index (χ0v) is 17.1. The van der Waals surface area contributed by atoms with Crippen LogP contribution in [0.4, 0.5) is 15.9 Å². The van der Waals surface area contributed by atoms with Crippen LogP contribution in [0.15, 0.2) is 42.7 Å². The Morgan fingerprint density at radius 2 is 2.13 bits per heavy atom. The van der Waals surface area contributed by atoms with E-state index in [1.54, 1.807) is 29.2 Å². The number of carbonyl (C=O) groups excluding carboxylic acids is 1. The lowest BCUT2D eigenvalue weighted by atomic mass is 9.93. The average molecular weight is 422 g/mol. The molecule has 0 spiro atoms. The summed E-state index contributed by atoms with van der Waals surface area (Å²) in [5, 5.41) is 21.5. The Labute approximate surface area is 178 Å². The molecule has 1 fully saturated rings. The predicted molar refractivity (Wildman–Crippen MR) is 112 cm³/mol. The molecule has 0 aliphatic carbocycles. The standard InChI is InChI=1S/C21H23FN8O/c1-28-17(6-8-25-28)11-29-9-7-14(10-23)19(13-29)30-12-18(20(24)31)21(27-30)26-16-4-2-15(22)3-5-16/h2-6,8,12,14,19H,7,9,11,13H2,1H3,(H2,24,31)(H,26,27). The van der Waals surface area contributed by atoms with Crippen molar-refractivity contribution < 1.29 is 9.18 Å². The monoisotopic (exact) mass is 422 g/mol. The fourth-order valence-electron chi connectivity index (χ4n) is 3.85. The summed E-state index contributed by atoms with van der Waals surface area (Å²) in [6, 6.07) is 9.82. The van der Waals surface area contributed by atoms with Crippen molar-refractivity contribution in [1.29, 1.82) is 5.26 Å². The molecule has 2 unspecified atom stereocenters. The first-order chi connectivity index (χ1) is 14.9. The molecule has 1 aliphatic heterocycles. The minimum atomic E-state index is -0.632. The quantitative estimate of drug-likeness (QED) is 0.629. The minimum absolute atomic E-state index is 0.213. The van der Waals surface area contributed by atoms with E-state index in [0.29, 0.717) is 25.2 Å². The van der Waals surface area contributed by atoms with Gasteiger partial charge in [0, 0.05) is 38.2 Å². The number of anilines is 2. The van der Waals surface area contributed by atoms with E-state index in [9.17, 15) is 14.4 Å².